The lowest BCUT2D eigenvalue weighted by atomic mass is 10.1. The summed E-state index contributed by atoms with van der Waals surface area (Å²) >= 11 is 0. The van der Waals surface area contributed by atoms with Gasteiger partial charge in [0.25, 0.3) is 0 Å². The third-order valence-electron chi connectivity index (χ3n) is 3.08. The topological polar surface area (TPSA) is 79.5 Å². The van der Waals surface area contributed by atoms with Gasteiger partial charge in [0.05, 0.1) is 6.61 Å². The zero-order chi connectivity index (χ0) is 14.4. The summed E-state index contributed by atoms with van der Waals surface area (Å²) in [4.78, 5) is 23.1. The van der Waals surface area contributed by atoms with Crippen LogP contribution in [0.1, 0.15) is 18.4 Å². The summed E-state index contributed by atoms with van der Waals surface area (Å²) in [6.07, 6.45) is 2.19. The van der Waals surface area contributed by atoms with Crippen LogP contribution in [0.15, 0.2) is 18.2 Å². The number of ether oxygens (including phenoxy) is 1. The van der Waals surface area contributed by atoms with Crippen LogP contribution in [0.2, 0.25) is 0 Å². The molecule has 2 rings (SSSR count). The fourth-order valence-electron chi connectivity index (χ4n) is 2.09. The summed E-state index contributed by atoms with van der Waals surface area (Å²) in [7, 11) is 1.58. The predicted molar refractivity (Wildman–Crippen MR) is 76.9 cm³/mol. The van der Waals surface area contributed by atoms with Gasteiger partial charge in [0.1, 0.15) is 0 Å². The van der Waals surface area contributed by atoms with Crippen LogP contribution in [0.5, 0.6) is 0 Å². The van der Waals surface area contributed by atoms with Crippen molar-refractivity contribution in [1.82, 2.24) is 5.32 Å². The van der Waals surface area contributed by atoms with Crippen molar-refractivity contribution in [3.63, 3.8) is 0 Å². The molecule has 0 fully saturated rings. The molecular weight excluding hydrogens is 258 g/mol. The van der Waals surface area contributed by atoms with Crippen molar-refractivity contribution in [2.45, 2.75) is 19.3 Å². The molecule has 3 amide bonds. The first-order chi connectivity index (χ1) is 9.69. The number of fused-ring (bicyclic) bond motifs is 1. The number of aryl methyl sites for hydroxylation is 1. The predicted octanol–water partition coefficient (Wildman–Crippen LogP) is 1.73. The van der Waals surface area contributed by atoms with E-state index in [2.05, 4.69) is 16.0 Å². The number of benzene rings is 1. The Morgan fingerprint density at radius 2 is 2.25 bits per heavy atom. The van der Waals surface area contributed by atoms with Crippen LogP contribution in [0.4, 0.5) is 16.2 Å². The lowest BCUT2D eigenvalue weighted by molar-refractivity contribution is -0.116. The molecule has 0 bridgehead atoms. The molecule has 0 saturated heterocycles. The van der Waals surface area contributed by atoms with E-state index in [1.54, 1.807) is 13.2 Å². The monoisotopic (exact) mass is 277 g/mol. The number of nitrogens with one attached hydrogen (secondary N) is 3. The minimum atomic E-state index is -0.264. The number of hydrogen-bond acceptors (Lipinski definition) is 3. The van der Waals surface area contributed by atoms with Gasteiger partial charge in [0, 0.05) is 31.5 Å². The largest absolute Gasteiger partial charge is 0.383 e. The number of hydrogen-bond donors (Lipinski definition) is 3. The van der Waals surface area contributed by atoms with E-state index >= 15 is 0 Å². The molecule has 0 aromatic heterocycles. The van der Waals surface area contributed by atoms with E-state index < -0.39 is 0 Å². The molecular formula is C14H19N3O3. The maximum Gasteiger partial charge on any atom is 0.319 e. The maximum atomic E-state index is 11.6. The van der Waals surface area contributed by atoms with Gasteiger partial charge in [0.15, 0.2) is 0 Å². The van der Waals surface area contributed by atoms with Crippen LogP contribution in [0, 0.1) is 0 Å². The highest BCUT2D eigenvalue weighted by Crippen LogP contribution is 2.25. The average molecular weight is 277 g/mol. The van der Waals surface area contributed by atoms with Gasteiger partial charge in [-0.05, 0) is 36.6 Å². The van der Waals surface area contributed by atoms with Crippen LogP contribution in [-0.4, -0.2) is 32.2 Å². The number of urea groups is 1. The maximum absolute atomic E-state index is 11.6. The second-order valence-electron chi connectivity index (χ2n) is 4.65. The van der Waals surface area contributed by atoms with Gasteiger partial charge in [-0.3, -0.25) is 4.79 Å². The molecule has 6 heteroatoms. The quantitative estimate of drug-likeness (QED) is 0.733. The van der Waals surface area contributed by atoms with E-state index in [9.17, 15) is 9.59 Å². The molecule has 1 aliphatic heterocycles. The SMILES string of the molecule is COCCNC(=O)Nc1ccc2c(c1)CCCC(=O)N2. The summed E-state index contributed by atoms with van der Waals surface area (Å²) in [6.45, 7) is 0.937. The molecule has 108 valence electrons. The second kappa shape index (κ2) is 6.91. The molecule has 1 aromatic rings. The molecule has 0 aliphatic carbocycles. The van der Waals surface area contributed by atoms with E-state index in [0.717, 1.165) is 29.8 Å². The number of carbonyl (C=O) groups excluding carboxylic acids is 2. The van der Waals surface area contributed by atoms with Crippen LogP contribution < -0.4 is 16.0 Å². The molecule has 0 atom stereocenters. The van der Waals surface area contributed by atoms with Crippen molar-refractivity contribution >= 4 is 23.3 Å². The van der Waals surface area contributed by atoms with Crippen molar-refractivity contribution < 1.29 is 14.3 Å². The number of rotatable bonds is 4. The lowest BCUT2D eigenvalue weighted by Crippen LogP contribution is -2.31. The number of anilines is 2. The number of methoxy groups -OCH3 is 1. The van der Waals surface area contributed by atoms with Crippen LogP contribution >= 0.6 is 0 Å². The smallest absolute Gasteiger partial charge is 0.319 e. The van der Waals surface area contributed by atoms with E-state index in [1.807, 2.05) is 12.1 Å². The van der Waals surface area contributed by atoms with Gasteiger partial charge in [-0.1, -0.05) is 0 Å². The fraction of sp³-hybridized carbons (Fsp3) is 0.429. The zero-order valence-electron chi connectivity index (χ0n) is 11.5. The van der Waals surface area contributed by atoms with Crippen molar-refractivity contribution in [3.05, 3.63) is 23.8 Å². The summed E-state index contributed by atoms with van der Waals surface area (Å²) in [5, 5.41) is 8.31. The summed E-state index contributed by atoms with van der Waals surface area (Å²) in [6, 6.07) is 5.24. The highest BCUT2D eigenvalue weighted by Gasteiger charge is 2.13. The summed E-state index contributed by atoms with van der Waals surface area (Å²) < 4.78 is 4.86. The molecule has 1 heterocycles. The zero-order valence-corrected chi connectivity index (χ0v) is 11.5. The average Bonchev–Trinajstić information content (AvgIpc) is 2.59. The Kier molecular flexibility index (Phi) is 4.95. The van der Waals surface area contributed by atoms with Crippen LogP contribution in [-0.2, 0) is 16.0 Å². The van der Waals surface area contributed by atoms with Gasteiger partial charge in [-0.2, -0.15) is 0 Å². The van der Waals surface area contributed by atoms with Crippen LogP contribution in [0.25, 0.3) is 0 Å². The Balaban J connectivity index is 1.98. The van der Waals surface area contributed by atoms with Gasteiger partial charge >= 0.3 is 6.03 Å². The normalized spacial score (nSPS) is 13.9. The van der Waals surface area contributed by atoms with Crippen molar-refractivity contribution in [2.75, 3.05) is 30.9 Å². The second-order valence-corrected chi connectivity index (χ2v) is 4.65. The van der Waals surface area contributed by atoms with Gasteiger partial charge in [-0.25, -0.2) is 4.79 Å². The van der Waals surface area contributed by atoms with E-state index in [1.165, 1.54) is 0 Å². The Morgan fingerprint density at radius 1 is 1.40 bits per heavy atom. The minimum absolute atomic E-state index is 0.0433. The van der Waals surface area contributed by atoms with Crippen molar-refractivity contribution in [3.8, 4) is 0 Å². The Labute approximate surface area is 117 Å². The van der Waals surface area contributed by atoms with Crippen molar-refractivity contribution in [2.24, 2.45) is 0 Å². The van der Waals surface area contributed by atoms with Gasteiger partial charge < -0.3 is 20.7 Å². The standard InChI is InChI=1S/C14H19N3O3/c1-20-8-7-15-14(19)16-11-5-6-12-10(9-11)3-2-4-13(18)17-12/h5-6,9H,2-4,7-8H2,1H3,(H,17,18)(H2,15,16,19). The van der Waals surface area contributed by atoms with E-state index in [-0.39, 0.29) is 11.9 Å². The molecule has 0 unspecified atom stereocenters. The first-order valence-corrected chi connectivity index (χ1v) is 6.65. The highest BCUT2D eigenvalue weighted by molar-refractivity contribution is 5.94. The third kappa shape index (κ3) is 3.96. The van der Waals surface area contributed by atoms with Crippen LogP contribution in [0.3, 0.4) is 0 Å². The highest BCUT2D eigenvalue weighted by atomic mass is 16.5. The molecule has 0 spiro atoms. The Hall–Kier alpha value is -2.08. The first-order valence-electron chi connectivity index (χ1n) is 6.65. The molecule has 1 aromatic carbocycles. The minimum Gasteiger partial charge on any atom is -0.383 e. The number of amides is 3. The Morgan fingerprint density at radius 3 is 3.05 bits per heavy atom. The molecule has 1 aliphatic rings. The van der Waals surface area contributed by atoms with E-state index in [4.69, 9.17) is 4.74 Å². The fourth-order valence-corrected chi connectivity index (χ4v) is 2.09. The molecule has 3 N–H and O–H groups in total. The summed E-state index contributed by atoms with van der Waals surface area (Å²) in [5.41, 5.74) is 2.60. The van der Waals surface area contributed by atoms with Gasteiger partial charge in [-0.15, -0.1) is 0 Å². The van der Waals surface area contributed by atoms with Crippen molar-refractivity contribution in [1.29, 1.82) is 0 Å². The summed E-state index contributed by atoms with van der Waals surface area (Å²) in [5.74, 6) is 0.0433. The molecule has 6 nitrogen and oxygen atoms in total. The van der Waals surface area contributed by atoms with E-state index in [0.29, 0.717) is 19.6 Å². The first kappa shape index (κ1) is 14.3. The lowest BCUT2D eigenvalue weighted by Gasteiger charge is -2.11. The van der Waals surface area contributed by atoms with Gasteiger partial charge in [0.2, 0.25) is 5.91 Å². The number of carbonyl (C=O) groups is 2. The molecule has 0 saturated carbocycles. The third-order valence-corrected chi connectivity index (χ3v) is 3.08. The molecule has 20 heavy (non-hydrogen) atoms. The molecule has 0 radical (unpaired) electrons. The Bertz CT molecular complexity index is 502.